The SMILES string of the molecule is CCN1CCN(C(=O)c2cnn(-c3nccc(-c4cccc(OC)c4)n3)c2C)CC1. The van der Waals surface area contributed by atoms with Crippen LogP contribution < -0.4 is 4.74 Å². The number of amides is 1. The standard InChI is InChI=1S/C22H26N6O2/c1-4-26-10-12-27(13-11-26)21(29)19-15-24-28(16(19)2)22-23-9-8-20(25-22)17-6-5-7-18(14-17)30-3/h5-9,14-15H,4,10-13H2,1-3H3. The van der Waals surface area contributed by atoms with Crippen molar-refractivity contribution in [1.82, 2.24) is 29.5 Å². The number of aromatic nitrogens is 4. The molecule has 0 radical (unpaired) electrons. The lowest BCUT2D eigenvalue weighted by Gasteiger charge is -2.33. The van der Waals surface area contributed by atoms with Crippen molar-refractivity contribution in [3.05, 3.63) is 54.0 Å². The fraction of sp³-hybridized carbons (Fsp3) is 0.364. The monoisotopic (exact) mass is 406 g/mol. The van der Waals surface area contributed by atoms with Gasteiger partial charge in [0, 0.05) is 37.9 Å². The van der Waals surface area contributed by atoms with Gasteiger partial charge in [0.05, 0.1) is 30.3 Å². The number of piperazine rings is 1. The molecule has 1 saturated heterocycles. The van der Waals surface area contributed by atoms with Crippen molar-refractivity contribution in [2.75, 3.05) is 39.8 Å². The van der Waals surface area contributed by atoms with Crippen molar-refractivity contribution < 1.29 is 9.53 Å². The minimum absolute atomic E-state index is 0.0125. The van der Waals surface area contributed by atoms with Gasteiger partial charge in [0.1, 0.15) is 5.75 Å². The number of likely N-dealkylation sites (N-methyl/N-ethyl adjacent to an activating group) is 1. The van der Waals surface area contributed by atoms with Crippen LogP contribution in [-0.2, 0) is 0 Å². The van der Waals surface area contributed by atoms with E-state index >= 15 is 0 Å². The third kappa shape index (κ3) is 3.91. The van der Waals surface area contributed by atoms with Crippen LogP contribution in [0.5, 0.6) is 5.75 Å². The molecule has 0 spiro atoms. The maximum Gasteiger partial charge on any atom is 0.257 e. The van der Waals surface area contributed by atoms with Gasteiger partial charge in [-0.25, -0.2) is 14.6 Å². The third-order valence-electron chi connectivity index (χ3n) is 5.54. The molecule has 1 aromatic carbocycles. The van der Waals surface area contributed by atoms with Gasteiger partial charge in [0.25, 0.3) is 11.9 Å². The topological polar surface area (TPSA) is 76.4 Å². The van der Waals surface area contributed by atoms with Crippen LogP contribution in [0, 0.1) is 6.92 Å². The molecule has 1 amide bonds. The molecule has 8 nitrogen and oxygen atoms in total. The lowest BCUT2D eigenvalue weighted by molar-refractivity contribution is 0.0642. The lowest BCUT2D eigenvalue weighted by Crippen LogP contribution is -2.48. The molecule has 0 bridgehead atoms. The first kappa shape index (κ1) is 20.0. The van der Waals surface area contributed by atoms with Gasteiger partial charge in [0.15, 0.2) is 0 Å². The first-order chi connectivity index (χ1) is 14.6. The molecule has 1 fully saturated rings. The summed E-state index contributed by atoms with van der Waals surface area (Å²) in [7, 11) is 1.64. The number of hydrogen-bond acceptors (Lipinski definition) is 6. The molecule has 1 aliphatic heterocycles. The molecule has 30 heavy (non-hydrogen) atoms. The average molecular weight is 406 g/mol. The van der Waals surface area contributed by atoms with Gasteiger partial charge in [-0.15, -0.1) is 0 Å². The second-order valence-electron chi connectivity index (χ2n) is 7.26. The summed E-state index contributed by atoms with van der Waals surface area (Å²) in [4.78, 5) is 26.3. The van der Waals surface area contributed by atoms with E-state index in [9.17, 15) is 4.79 Å². The van der Waals surface area contributed by atoms with Gasteiger partial charge < -0.3 is 14.5 Å². The number of nitrogens with zero attached hydrogens (tertiary/aromatic N) is 6. The van der Waals surface area contributed by atoms with Crippen LogP contribution in [-0.4, -0.2) is 75.3 Å². The zero-order valence-corrected chi connectivity index (χ0v) is 17.6. The highest BCUT2D eigenvalue weighted by Gasteiger charge is 2.25. The fourth-order valence-electron chi connectivity index (χ4n) is 3.65. The van der Waals surface area contributed by atoms with Crippen LogP contribution in [0.4, 0.5) is 0 Å². The third-order valence-corrected chi connectivity index (χ3v) is 5.54. The molecule has 3 aromatic rings. The van der Waals surface area contributed by atoms with Crippen LogP contribution >= 0.6 is 0 Å². The van der Waals surface area contributed by atoms with Crippen LogP contribution in [0.25, 0.3) is 17.2 Å². The summed E-state index contributed by atoms with van der Waals surface area (Å²) in [6, 6.07) is 9.55. The molecule has 156 valence electrons. The predicted molar refractivity (Wildman–Crippen MR) is 114 cm³/mol. The smallest absolute Gasteiger partial charge is 0.257 e. The second-order valence-corrected chi connectivity index (χ2v) is 7.26. The molecule has 0 aliphatic carbocycles. The molecule has 2 aromatic heterocycles. The fourth-order valence-corrected chi connectivity index (χ4v) is 3.65. The highest BCUT2D eigenvalue weighted by atomic mass is 16.5. The van der Waals surface area contributed by atoms with Gasteiger partial charge in [-0.3, -0.25) is 4.79 Å². The molecule has 0 saturated carbocycles. The van der Waals surface area contributed by atoms with E-state index in [0.29, 0.717) is 11.5 Å². The van der Waals surface area contributed by atoms with Crippen molar-refractivity contribution in [3.8, 4) is 23.0 Å². The van der Waals surface area contributed by atoms with E-state index < -0.39 is 0 Å². The van der Waals surface area contributed by atoms with E-state index in [-0.39, 0.29) is 5.91 Å². The molecule has 4 rings (SSSR count). The number of benzene rings is 1. The number of hydrogen-bond donors (Lipinski definition) is 0. The van der Waals surface area contributed by atoms with Crippen LogP contribution in [0.1, 0.15) is 23.0 Å². The average Bonchev–Trinajstić information content (AvgIpc) is 3.20. The normalized spacial score (nSPS) is 14.7. The number of rotatable bonds is 5. The van der Waals surface area contributed by atoms with E-state index in [4.69, 9.17) is 4.74 Å². The zero-order valence-electron chi connectivity index (χ0n) is 17.6. The maximum absolute atomic E-state index is 13.0. The Morgan fingerprint density at radius 2 is 1.97 bits per heavy atom. The molecule has 0 unspecified atom stereocenters. The highest BCUT2D eigenvalue weighted by molar-refractivity contribution is 5.95. The Bertz CT molecular complexity index is 1040. The van der Waals surface area contributed by atoms with Gasteiger partial charge >= 0.3 is 0 Å². The van der Waals surface area contributed by atoms with Gasteiger partial charge in [-0.05, 0) is 31.7 Å². The van der Waals surface area contributed by atoms with Crippen molar-refractivity contribution in [2.45, 2.75) is 13.8 Å². The van der Waals surface area contributed by atoms with Crippen molar-refractivity contribution in [3.63, 3.8) is 0 Å². The quantitative estimate of drug-likeness (QED) is 0.648. The summed E-state index contributed by atoms with van der Waals surface area (Å²) < 4.78 is 6.93. The lowest BCUT2D eigenvalue weighted by atomic mass is 10.1. The Kier molecular flexibility index (Phi) is 5.76. The molecular formula is C22H26N6O2. The Labute approximate surface area is 176 Å². The maximum atomic E-state index is 13.0. The van der Waals surface area contributed by atoms with Gasteiger partial charge in [-0.1, -0.05) is 19.1 Å². The summed E-state index contributed by atoms with van der Waals surface area (Å²) in [6.45, 7) is 8.32. The number of carbonyl (C=O) groups is 1. The Hall–Kier alpha value is -3.26. The summed E-state index contributed by atoms with van der Waals surface area (Å²) in [5.41, 5.74) is 3.02. The van der Waals surface area contributed by atoms with E-state index in [1.807, 2.05) is 42.2 Å². The summed E-state index contributed by atoms with van der Waals surface area (Å²) in [6.07, 6.45) is 3.31. The van der Waals surface area contributed by atoms with Crippen molar-refractivity contribution in [1.29, 1.82) is 0 Å². The number of ether oxygens (including phenoxy) is 1. The minimum Gasteiger partial charge on any atom is -0.497 e. The van der Waals surface area contributed by atoms with Crippen molar-refractivity contribution in [2.24, 2.45) is 0 Å². The summed E-state index contributed by atoms with van der Waals surface area (Å²) in [5.74, 6) is 1.21. The molecule has 0 N–H and O–H groups in total. The molecule has 1 aliphatic rings. The molecular weight excluding hydrogens is 380 g/mol. The minimum atomic E-state index is 0.0125. The first-order valence-electron chi connectivity index (χ1n) is 10.1. The van der Waals surface area contributed by atoms with E-state index in [0.717, 1.165) is 55.4 Å². The van der Waals surface area contributed by atoms with E-state index in [1.54, 1.807) is 24.2 Å². The Morgan fingerprint density at radius 3 is 2.70 bits per heavy atom. The van der Waals surface area contributed by atoms with E-state index in [1.165, 1.54) is 0 Å². The van der Waals surface area contributed by atoms with Gasteiger partial charge in [0.2, 0.25) is 0 Å². The van der Waals surface area contributed by atoms with Crippen molar-refractivity contribution >= 4 is 5.91 Å². The molecule has 0 atom stereocenters. The van der Waals surface area contributed by atoms with Crippen LogP contribution in [0.3, 0.4) is 0 Å². The Balaban J connectivity index is 1.59. The first-order valence-corrected chi connectivity index (χ1v) is 10.1. The molecule has 8 heteroatoms. The summed E-state index contributed by atoms with van der Waals surface area (Å²) >= 11 is 0. The zero-order chi connectivity index (χ0) is 21.1. The number of methoxy groups -OCH3 is 1. The van der Waals surface area contributed by atoms with Crippen LogP contribution in [0.2, 0.25) is 0 Å². The summed E-state index contributed by atoms with van der Waals surface area (Å²) in [5, 5.41) is 4.41. The van der Waals surface area contributed by atoms with E-state index in [2.05, 4.69) is 26.9 Å². The predicted octanol–water partition coefficient (Wildman–Crippen LogP) is 2.42. The van der Waals surface area contributed by atoms with Gasteiger partial charge in [-0.2, -0.15) is 5.10 Å². The largest absolute Gasteiger partial charge is 0.497 e. The van der Waals surface area contributed by atoms with Crippen LogP contribution in [0.15, 0.2) is 42.7 Å². The molecule has 3 heterocycles. The number of carbonyl (C=O) groups excluding carboxylic acids is 1. The highest BCUT2D eigenvalue weighted by Crippen LogP contribution is 2.23. The Morgan fingerprint density at radius 1 is 1.17 bits per heavy atom. The second kappa shape index (κ2) is 8.62.